The van der Waals surface area contributed by atoms with Gasteiger partial charge < -0.3 is 15.7 Å². The van der Waals surface area contributed by atoms with Crippen molar-refractivity contribution in [3.05, 3.63) is 12.7 Å². The molecule has 94 valence electrons. The van der Waals surface area contributed by atoms with Crippen molar-refractivity contribution in [2.24, 2.45) is 0 Å². The number of hydrogen-bond donors (Lipinski definition) is 3. The number of rotatable bonds is 8. The molecule has 17 heavy (non-hydrogen) atoms. The Morgan fingerprint density at radius 1 is 1.41 bits per heavy atom. The molecule has 0 rings (SSSR count). The summed E-state index contributed by atoms with van der Waals surface area (Å²) in [6.07, 6.45) is 2.19. The normalized spacial score (nSPS) is 10.2. The van der Waals surface area contributed by atoms with E-state index in [0.29, 0.717) is 19.5 Å². The third kappa shape index (κ3) is 9.35. The standard InChI is InChI=1S/C11H20N2O3.Na.H/c1-4-7-13-11(2,3)10(16)12-8-5-6-9(14)15;;/h4,13H,1,5-8H2,2-3H3,(H,12,16)(H,14,15);;. The molecule has 0 spiro atoms. The molecule has 0 aliphatic rings. The number of amides is 1. The molecule has 1 amide bonds. The van der Waals surface area contributed by atoms with E-state index < -0.39 is 11.5 Å². The maximum atomic E-state index is 11.7. The number of aliphatic carboxylic acids is 1. The van der Waals surface area contributed by atoms with Gasteiger partial charge in [-0.25, -0.2) is 0 Å². The van der Waals surface area contributed by atoms with Gasteiger partial charge in [-0.1, -0.05) is 6.08 Å². The van der Waals surface area contributed by atoms with Crippen LogP contribution in [0.2, 0.25) is 0 Å². The number of carboxylic acids is 1. The summed E-state index contributed by atoms with van der Waals surface area (Å²) in [5.41, 5.74) is -0.669. The first kappa shape index (κ1) is 19.0. The maximum absolute atomic E-state index is 11.7. The molecule has 0 aliphatic carbocycles. The van der Waals surface area contributed by atoms with E-state index in [-0.39, 0.29) is 41.9 Å². The van der Waals surface area contributed by atoms with Gasteiger partial charge in [0.15, 0.2) is 0 Å². The second-order valence-electron chi connectivity index (χ2n) is 4.05. The van der Waals surface area contributed by atoms with Crippen molar-refractivity contribution < 1.29 is 14.7 Å². The zero-order chi connectivity index (χ0) is 12.6. The first-order valence-corrected chi connectivity index (χ1v) is 5.26. The predicted molar refractivity (Wildman–Crippen MR) is 69.3 cm³/mol. The molecular weight excluding hydrogens is 231 g/mol. The van der Waals surface area contributed by atoms with Crippen molar-refractivity contribution in [2.75, 3.05) is 13.1 Å². The first-order chi connectivity index (χ1) is 7.40. The van der Waals surface area contributed by atoms with E-state index in [1.54, 1.807) is 19.9 Å². The van der Waals surface area contributed by atoms with E-state index in [1.807, 2.05) is 0 Å². The average molecular weight is 252 g/mol. The van der Waals surface area contributed by atoms with E-state index in [9.17, 15) is 9.59 Å². The van der Waals surface area contributed by atoms with Gasteiger partial charge in [-0.15, -0.1) is 6.58 Å². The van der Waals surface area contributed by atoms with Crippen LogP contribution < -0.4 is 10.6 Å². The molecule has 0 saturated carbocycles. The molecule has 0 atom stereocenters. The SMILES string of the molecule is C=CCNC(C)(C)C(=O)NCCCC(=O)O.[NaH]. The summed E-state index contributed by atoms with van der Waals surface area (Å²) >= 11 is 0. The van der Waals surface area contributed by atoms with Gasteiger partial charge in [0.05, 0.1) is 5.54 Å². The Hall–Kier alpha value is -0.360. The molecule has 0 radical (unpaired) electrons. The Kier molecular flexibility index (Phi) is 10.8. The molecule has 0 fully saturated rings. The number of carbonyl (C=O) groups excluding carboxylic acids is 1. The van der Waals surface area contributed by atoms with Gasteiger partial charge in [-0.05, 0) is 20.3 Å². The van der Waals surface area contributed by atoms with Crippen molar-refractivity contribution >= 4 is 41.4 Å². The van der Waals surface area contributed by atoms with Crippen LogP contribution in [-0.2, 0) is 9.59 Å². The summed E-state index contributed by atoms with van der Waals surface area (Å²) in [5.74, 6) is -0.988. The minimum atomic E-state index is -0.849. The van der Waals surface area contributed by atoms with E-state index in [0.717, 1.165) is 0 Å². The van der Waals surface area contributed by atoms with Gasteiger partial charge in [0.2, 0.25) is 5.91 Å². The Bertz CT molecular complexity index is 267. The fourth-order valence-electron chi connectivity index (χ4n) is 1.07. The molecule has 0 unspecified atom stereocenters. The third-order valence-electron chi connectivity index (χ3n) is 2.11. The molecular formula is C11H21N2NaO3. The third-order valence-corrected chi connectivity index (χ3v) is 2.11. The van der Waals surface area contributed by atoms with Crippen LogP contribution in [0.4, 0.5) is 0 Å². The van der Waals surface area contributed by atoms with Crippen LogP contribution in [0.5, 0.6) is 0 Å². The van der Waals surface area contributed by atoms with E-state index in [1.165, 1.54) is 0 Å². The zero-order valence-electron chi connectivity index (χ0n) is 9.88. The van der Waals surface area contributed by atoms with Crippen molar-refractivity contribution in [3.8, 4) is 0 Å². The Balaban J connectivity index is 0. The summed E-state index contributed by atoms with van der Waals surface area (Å²) in [6.45, 7) is 8.02. The van der Waals surface area contributed by atoms with Gasteiger partial charge >= 0.3 is 35.5 Å². The van der Waals surface area contributed by atoms with Crippen LogP contribution in [0.25, 0.3) is 0 Å². The van der Waals surface area contributed by atoms with Crippen molar-refractivity contribution in [1.29, 1.82) is 0 Å². The Labute approximate surface area is 124 Å². The van der Waals surface area contributed by atoms with Gasteiger partial charge in [-0.2, -0.15) is 0 Å². The molecule has 3 N–H and O–H groups in total. The van der Waals surface area contributed by atoms with Gasteiger partial charge in [0.1, 0.15) is 0 Å². The summed E-state index contributed by atoms with van der Waals surface area (Å²) in [5, 5.41) is 14.1. The molecule has 0 aliphatic heterocycles. The molecule has 0 bridgehead atoms. The van der Waals surface area contributed by atoms with Crippen LogP contribution in [0.3, 0.4) is 0 Å². The Morgan fingerprint density at radius 2 is 2.00 bits per heavy atom. The van der Waals surface area contributed by atoms with E-state index >= 15 is 0 Å². The second-order valence-corrected chi connectivity index (χ2v) is 4.05. The molecule has 0 aromatic heterocycles. The predicted octanol–water partition coefficient (Wildman–Crippen LogP) is -0.127. The van der Waals surface area contributed by atoms with Crippen LogP contribution in [0, 0.1) is 0 Å². The molecule has 0 aromatic carbocycles. The molecule has 5 nitrogen and oxygen atoms in total. The number of carbonyl (C=O) groups is 2. The van der Waals surface area contributed by atoms with E-state index in [4.69, 9.17) is 5.11 Å². The average Bonchev–Trinajstić information content (AvgIpc) is 2.20. The summed E-state index contributed by atoms with van der Waals surface area (Å²) in [6, 6.07) is 0. The molecule has 0 saturated heterocycles. The summed E-state index contributed by atoms with van der Waals surface area (Å²) < 4.78 is 0. The number of nitrogens with one attached hydrogen (secondary N) is 2. The Morgan fingerprint density at radius 3 is 2.47 bits per heavy atom. The van der Waals surface area contributed by atoms with Crippen LogP contribution in [0.15, 0.2) is 12.7 Å². The van der Waals surface area contributed by atoms with Crippen molar-refractivity contribution in [1.82, 2.24) is 10.6 Å². The fraction of sp³-hybridized carbons (Fsp3) is 0.636. The van der Waals surface area contributed by atoms with Gasteiger partial charge in [0.25, 0.3) is 0 Å². The van der Waals surface area contributed by atoms with E-state index in [2.05, 4.69) is 17.2 Å². The van der Waals surface area contributed by atoms with Crippen molar-refractivity contribution in [3.63, 3.8) is 0 Å². The molecule has 6 heteroatoms. The minimum absolute atomic E-state index is 0. The van der Waals surface area contributed by atoms with Gasteiger partial charge in [0, 0.05) is 19.5 Å². The zero-order valence-corrected chi connectivity index (χ0v) is 9.88. The quantitative estimate of drug-likeness (QED) is 0.319. The first-order valence-electron chi connectivity index (χ1n) is 5.26. The summed E-state index contributed by atoms with van der Waals surface area (Å²) in [7, 11) is 0. The molecule has 0 aromatic rings. The van der Waals surface area contributed by atoms with Crippen LogP contribution >= 0.6 is 0 Å². The fourth-order valence-corrected chi connectivity index (χ4v) is 1.07. The number of hydrogen-bond acceptors (Lipinski definition) is 3. The summed E-state index contributed by atoms with van der Waals surface area (Å²) in [4.78, 5) is 21.9. The van der Waals surface area contributed by atoms with Crippen LogP contribution in [-0.4, -0.2) is 65.2 Å². The van der Waals surface area contributed by atoms with Crippen molar-refractivity contribution in [2.45, 2.75) is 32.2 Å². The topological polar surface area (TPSA) is 78.4 Å². The molecule has 0 heterocycles. The number of carboxylic acid groups (broad SMARTS) is 1. The monoisotopic (exact) mass is 252 g/mol. The second kappa shape index (κ2) is 9.65. The van der Waals surface area contributed by atoms with Gasteiger partial charge in [-0.3, -0.25) is 9.59 Å². The van der Waals surface area contributed by atoms with Crippen LogP contribution in [0.1, 0.15) is 26.7 Å².